The van der Waals surface area contributed by atoms with Crippen LogP contribution in [0.3, 0.4) is 0 Å². The third-order valence-electron chi connectivity index (χ3n) is 4.38. The van der Waals surface area contributed by atoms with E-state index in [0.29, 0.717) is 13.2 Å². The van der Waals surface area contributed by atoms with Gasteiger partial charge in [-0.2, -0.15) is 5.10 Å². The van der Waals surface area contributed by atoms with Gasteiger partial charge in [0.2, 0.25) is 0 Å². The Kier molecular flexibility index (Phi) is 5.56. The molecule has 4 heterocycles. The fourth-order valence-electron chi connectivity index (χ4n) is 2.98. The van der Waals surface area contributed by atoms with Gasteiger partial charge >= 0.3 is 0 Å². The normalized spacial score (nSPS) is 12.4. The summed E-state index contributed by atoms with van der Waals surface area (Å²) in [6, 6.07) is 6.35. The first-order valence-electron chi connectivity index (χ1n) is 8.97. The summed E-state index contributed by atoms with van der Waals surface area (Å²) in [5, 5.41) is 12.0. The number of thiazole rings is 2. The van der Waals surface area contributed by atoms with Crippen LogP contribution in [0.4, 0.5) is 5.13 Å². The monoisotopic (exact) mass is 414 g/mol. The Labute approximate surface area is 171 Å². The summed E-state index contributed by atoms with van der Waals surface area (Å²) < 4.78 is 9.25. The minimum absolute atomic E-state index is 0.197. The number of hydrogen-bond donors (Lipinski definition) is 1. The predicted octanol–water partition coefficient (Wildman–Crippen LogP) is 4.38. The molecule has 4 aromatic heterocycles. The van der Waals surface area contributed by atoms with Crippen LogP contribution in [0.2, 0.25) is 0 Å². The van der Waals surface area contributed by atoms with Crippen molar-refractivity contribution in [2.45, 2.75) is 26.4 Å². The molecule has 0 saturated carbocycles. The minimum atomic E-state index is 0.197. The van der Waals surface area contributed by atoms with E-state index in [2.05, 4.69) is 32.8 Å². The summed E-state index contributed by atoms with van der Waals surface area (Å²) in [6.45, 7) is 5.42. The lowest BCUT2D eigenvalue weighted by Crippen LogP contribution is -2.11. The summed E-state index contributed by atoms with van der Waals surface area (Å²) >= 11 is 3.24. The summed E-state index contributed by atoms with van der Waals surface area (Å²) in [5.41, 5.74) is 3.06. The molecule has 0 saturated heterocycles. The number of aryl methyl sites for hydroxylation is 1. The lowest BCUT2D eigenvalue weighted by atomic mass is 10.3. The first-order chi connectivity index (χ1) is 13.7. The van der Waals surface area contributed by atoms with Gasteiger partial charge in [-0.05, 0) is 32.0 Å². The van der Waals surface area contributed by atoms with Crippen molar-refractivity contribution in [1.29, 1.82) is 0 Å². The SMILES string of the molecule is COCC(C)n1ccc(-c2sc(NCc3cccn3-c3nccs3)nc2C)n1. The van der Waals surface area contributed by atoms with Gasteiger partial charge in [0.25, 0.3) is 0 Å². The van der Waals surface area contributed by atoms with E-state index in [1.165, 1.54) is 0 Å². The molecule has 1 unspecified atom stereocenters. The molecule has 146 valence electrons. The molecule has 4 rings (SSSR count). The van der Waals surface area contributed by atoms with Crippen molar-refractivity contribution in [1.82, 2.24) is 24.3 Å². The maximum atomic E-state index is 5.22. The van der Waals surface area contributed by atoms with Gasteiger partial charge in [0.05, 0.1) is 29.8 Å². The van der Waals surface area contributed by atoms with Gasteiger partial charge < -0.3 is 10.1 Å². The van der Waals surface area contributed by atoms with Crippen LogP contribution in [0, 0.1) is 6.92 Å². The van der Waals surface area contributed by atoms with Gasteiger partial charge in [-0.15, -0.1) is 11.3 Å². The zero-order chi connectivity index (χ0) is 19.5. The maximum absolute atomic E-state index is 5.22. The van der Waals surface area contributed by atoms with E-state index < -0.39 is 0 Å². The molecule has 1 atom stereocenters. The number of ether oxygens (including phenoxy) is 1. The number of hydrogen-bond acceptors (Lipinski definition) is 7. The summed E-state index contributed by atoms with van der Waals surface area (Å²) in [7, 11) is 1.71. The van der Waals surface area contributed by atoms with Crippen molar-refractivity contribution < 1.29 is 4.74 Å². The lowest BCUT2D eigenvalue weighted by Gasteiger charge is -2.10. The third-order valence-corrected chi connectivity index (χ3v) is 6.28. The average molecular weight is 415 g/mol. The van der Waals surface area contributed by atoms with E-state index >= 15 is 0 Å². The average Bonchev–Trinajstić information content (AvgIpc) is 3.45. The zero-order valence-corrected chi connectivity index (χ0v) is 17.6. The van der Waals surface area contributed by atoms with Crippen molar-refractivity contribution in [2.24, 2.45) is 0 Å². The highest BCUT2D eigenvalue weighted by molar-refractivity contribution is 7.19. The zero-order valence-electron chi connectivity index (χ0n) is 16.0. The van der Waals surface area contributed by atoms with Crippen molar-refractivity contribution in [3.05, 3.63) is 53.6 Å². The van der Waals surface area contributed by atoms with Gasteiger partial charge in [0.1, 0.15) is 5.69 Å². The quantitative estimate of drug-likeness (QED) is 0.463. The van der Waals surface area contributed by atoms with Gasteiger partial charge in [0.15, 0.2) is 10.3 Å². The molecule has 1 N–H and O–H groups in total. The standard InChI is InChI=1S/C19H22N6OS2/c1-13(12-26-3)25-9-6-16(23-25)17-14(2)22-18(28-17)21-11-15-5-4-8-24(15)19-20-7-10-27-19/h4-10,13H,11-12H2,1-3H3,(H,21,22). The van der Waals surface area contributed by atoms with Crippen LogP contribution < -0.4 is 5.32 Å². The smallest absolute Gasteiger partial charge is 0.193 e. The first-order valence-corrected chi connectivity index (χ1v) is 10.7. The van der Waals surface area contributed by atoms with Crippen LogP contribution in [0.25, 0.3) is 15.7 Å². The second-order valence-corrected chi connectivity index (χ2v) is 8.33. The number of aromatic nitrogens is 5. The van der Waals surface area contributed by atoms with Crippen LogP contribution >= 0.6 is 22.7 Å². The Morgan fingerprint density at radius 3 is 2.96 bits per heavy atom. The van der Waals surface area contributed by atoms with Gasteiger partial charge in [-0.25, -0.2) is 9.97 Å². The summed E-state index contributed by atoms with van der Waals surface area (Å²) in [6.07, 6.45) is 5.84. The molecule has 0 aromatic carbocycles. The number of rotatable bonds is 8. The van der Waals surface area contributed by atoms with E-state index in [0.717, 1.165) is 32.2 Å². The van der Waals surface area contributed by atoms with E-state index in [9.17, 15) is 0 Å². The fraction of sp³-hybridized carbons (Fsp3) is 0.316. The van der Waals surface area contributed by atoms with Crippen molar-refractivity contribution in [3.63, 3.8) is 0 Å². The molecule has 0 aliphatic carbocycles. The third kappa shape index (κ3) is 3.87. The van der Waals surface area contributed by atoms with E-state index in [1.54, 1.807) is 29.8 Å². The highest BCUT2D eigenvalue weighted by atomic mass is 32.1. The lowest BCUT2D eigenvalue weighted by molar-refractivity contribution is 0.157. The maximum Gasteiger partial charge on any atom is 0.193 e. The van der Waals surface area contributed by atoms with Gasteiger partial charge in [0, 0.05) is 36.8 Å². The molecule has 7 nitrogen and oxygen atoms in total. The van der Waals surface area contributed by atoms with Gasteiger partial charge in [-0.3, -0.25) is 9.25 Å². The van der Waals surface area contributed by atoms with Crippen molar-refractivity contribution >= 4 is 27.8 Å². The van der Waals surface area contributed by atoms with Crippen LogP contribution in [-0.4, -0.2) is 38.0 Å². The number of nitrogens with zero attached hydrogens (tertiary/aromatic N) is 5. The molecule has 0 aliphatic rings. The van der Waals surface area contributed by atoms with Crippen LogP contribution in [0.5, 0.6) is 0 Å². The van der Waals surface area contributed by atoms with Crippen molar-refractivity contribution in [2.75, 3.05) is 19.0 Å². The Morgan fingerprint density at radius 2 is 2.18 bits per heavy atom. The fourth-order valence-corrected chi connectivity index (χ4v) is 4.56. The van der Waals surface area contributed by atoms with Crippen LogP contribution in [-0.2, 0) is 11.3 Å². The minimum Gasteiger partial charge on any atom is -0.382 e. The Bertz CT molecular complexity index is 1030. The molecular weight excluding hydrogens is 392 g/mol. The summed E-state index contributed by atoms with van der Waals surface area (Å²) in [5.74, 6) is 0. The Morgan fingerprint density at radius 1 is 1.29 bits per heavy atom. The molecule has 0 radical (unpaired) electrons. The van der Waals surface area contributed by atoms with Crippen LogP contribution in [0.15, 0.2) is 42.2 Å². The second-order valence-electron chi connectivity index (χ2n) is 6.46. The van der Waals surface area contributed by atoms with E-state index in [-0.39, 0.29) is 6.04 Å². The second kappa shape index (κ2) is 8.26. The number of nitrogens with one attached hydrogen (secondary N) is 1. The molecule has 0 spiro atoms. The number of anilines is 1. The van der Waals surface area contributed by atoms with Crippen LogP contribution in [0.1, 0.15) is 24.4 Å². The topological polar surface area (TPSA) is 69.8 Å². The van der Waals surface area contributed by atoms with Gasteiger partial charge in [-0.1, -0.05) is 11.3 Å². The Hall–Kier alpha value is -2.49. The summed E-state index contributed by atoms with van der Waals surface area (Å²) in [4.78, 5) is 10.1. The predicted molar refractivity (Wildman–Crippen MR) is 113 cm³/mol. The van der Waals surface area contributed by atoms with E-state index in [4.69, 9.17) is 9.84 Å². The molecule has 4 aromatic rings. The highest BCUT2D eigenvalue weighted by Gasteiger charge is 2.15. The number of methoxy groups -OCH3 is 1. The molecule has 0 amide bonds. The van der Waals surface area contributed by atoms with Crippen molar-refractivity contribution in [3.8, 4) is 15.7 Å². The van der Waals surface area contributed by atoms with E-state index in [1.807, 2.05) is 47.7 Å². The molecule has 28 heavy (non-hydrogen) atoms. The highest BCUT2D eigenvalue weighted by Crippen LogP contribution is 2.32. The first kappa shape index (κ1) is 18.9. The molecule has 0 bridgehead atoms. The molecule has 9 heteroatoms. The molecule has 0 aliphatic heterocycles. The molecule has 0 fully saturated rings. The largest absolute Gasteiger partial charge is 0.382 e. The molecular formula is C19H22N6OS2. The Balaban J connectivity index is 1.48.